The number of Topliss-reactive ketones (excluding diaryl/α,β-unsaturated/α-hetero) is 1. The monoisotopic (exact) mass is 164 g/mol. The summed E-state index contributed by atoms with van der Waals surface area (Å²) in [4.78, 5) is 11.4. The maximum Gasteiger partial charge on any atom is 0.182 e. The highest BCUT2D eigenvalue weighted by Crippen LogP contribution is 2.27. The highest BCUT2D eigenvalue weighted by molar-refractivity contribution is 5.96. The van der Waals surface area contributed by atoms with Gasteiger partial charge in [0.15, 0.2) is 5.78 Å². The zero-order chi connectivity index (χ0) is 8.55. The molecule has 0 aliphatic carbocycles. The predicted molar refractivity (Wildman–Crippen MR) is 45.1 cm³/mol. The summed E-state index contributed by atoms with van der Waals surface area (Å²) >= 11 is 0. The molecule has 0 saturated carbocycles. The van der Waals surface area contributed by atoms with E-state index in [0.29, 0.717) is 12.5 Å². The van der Waals surface area contributed by atoms with Crippen LogP contribution in [-0.2, 0) is 0 Å². The van der Waals surface area contributed by atoms with E-state index in [9.17, 15) is 4.79 Å². The van der Waals surface area contributed by atoms with Crippen LogP contribution in [0.3, 0.4) is 0 Å². The first-order chi connectivity index (χ1) is 5.83. The molecule has 1 aliphatic rings. The summed E-state index contributed by atoms with van der Waals surface area (Å²) in [5.74, 6) is 0.242. The Morgan fingerprint density at radius 3 is 3.33 bits per heavy atom. The number of ketones is 1. The topological polar surface area (TPSA) is 34.9 Å². The minimum atomic E-state index is 0.242. The summed E-state index contributed by atoms with van der Waals surface area (Å²) in [7, 11) is 0. The van der Waals surface area contributed by atoms with E-state index in [0.717, 1.165) is 18.5 Å². The Bertz CT molecular complexity index is 303. The molecule has 2 rings (SSSR count). The van der Waals surface area contributed by atoms with Gasteiger partial charge >= 0.3 is 0 Å². The zero-order valence-electron chi connectivity index (χ0n) is 7.16. The zero-order valence-corrected chi connectivity index (χ0v) is 7.16. The number of carbonyl (C=O) groups excluding carboxylic acids is 1. The molecule has 3 heteroatoms. The Morgan fingerprint density at radius 1 is 1.75 bits per heavy atom. The van der Waals surface area contributed by atoms with Gasteiger partial charge in [-0.3, -0.25) is 9.48 Å². The Kier molecular flexibility index (Phi) is 1.71. The molecule has 0 saturated heterocycles. The van der Waals surface area contributed by atoms with Gasteiger partial charge in [0.05, 0.1) is 6.04 Å². The molecule has 0 bridgehead atoms. The van der Waals surface area contributed by atoms with Crippen molar-refractivity contribution in [2.45, 2.75) is 32.2 Å². The Labute approximate surface area is 71.4 Å². The standard InChI is InChI=1S/C9H12N2O/c1-2-3-7-6-9(12)8-4-5-10-11(7)8/h4-5,7H,2-3,6H2,1H3. The summed E-state index contributed by atoms with van der Waals surface area (Å²) in [5.41, 5.74) is 0.786. The van der Waals surface area contributed by atoms with Gasteiger partial charge in [0, 0.05) is 12.6 Å². The van der Waals surface area contributed by atoms with Crippen LogP contribution >= 0.6 is 0 Å². The van der Waals surface area contributed by atoms with Crippen molar-refractivity contribution in [1.82, 2.24) is 9.78 Å². The first-order valence-electron chi connectivity index (χ1n) is 4.39. The molecular weight excluding hydrogens is 152 g/mol. The number of hydrogen-bond donors (Lipinski definition) is 0. The van der Waals surface area contributed by atoms with Crippen LogP contribution in [0.25, 0.3) is 0 Å². The lowest BCUT2D eigenvalue weighted by atomic mass is 10.1. The van der Waals surface area contributed by atoms with E-state index < -0.39 is 0 Å². The van der Waals surface area contributed by atoms with Gasteiger partial charge < -0.3 is 0 Å². The molecule has 1 unspecified atom stereocenters. The molecule has 0 amide bonds. The van der Waals surface area contributed by atoms with Crippen molar-refractivity contribution in [1.29, 1.82) is 0 Å². The molecule has 1 aromatic heterocycles. The molecule has 1 aliphatic heterocycles. The van der Waals surface area contributed by atoms with Crippen LogP contribution in [0, 0.1) is 0 Å². The maximum absolute atomic E-state index is 11.4. The third-order valence-corrected chi connectivity index (χ3v) is 2.34. The van der Waals surface area contributed by atoms with E-state index in [1.807, 2.05) is 4.68 Å². The number of hydrogen-bond acceptors (Lipinski definition) is 2. The largest absolute Gasteiger partial charge is 0.292 e. The number of rotatable bonds is 2. The summed E-state index contributed by atoms with van der Waals surface area (Å²) in [6.07, 6.45) is 4.52. The van der Waals surface area contributed by atoms with Crippen molar-refractivity contribution >= 4 is 5.78 Å². The number of nitrogens with zero attached hydrogens (tertiary/aromatic N) is 2. The lowest BCUT2D eigenvalue weighted by molar-refractivity contribution is 0.0988. The number of aromatic nitrogens is 2. The normalized spacial score (nSPS) is 21.4. The van der Waals surface area contributed by atoms with Crippen molar-refractivity contribution in [3.63, 3.8) is 0 Å². The quantitative estimate of drug-likeness (QED) is 0.668. The van der Waals surface area contributed by atoms with E-state index in [-0.39, 0.29) is 5.78 Å². The first-order valence-corrected chi connectivity index (χ1v) is 4.39. The molecule has 1 atom stereocenters. The minimum absolute atomic E-state index is 0.242. The Balaban J connectivity index is 2.29. The molecule has 0 fully saturated rings. The summed E-state index contributed by atoms with van der Waals surface area (Å²) in [5, 5.41) is 4.14. The highest BCUT2D eigenvalue weighted by Gasteiger charge is 2.28. The van der Waals surface area contributed by atoms with Gasteiger partial charge in [-0.05, 0) is 12.5 Å². The van der Waals surface area contributed by atoms with E-state index in [1.54, 1.807) is 12.3 Å². The van der Waals surface area contributed by atoms with Crippen LogP contribution in [0.2, 0.25) is 0 Å². The van der Waals surface area contributed by atoms with Gasteiger partial charge in [-0.1, -0.05) is 13.3 Å². The lowest BCUT2D eigenvalue weighted by Gasteiger charge is -2.07. The summed E-state index contributed by atoms with van der Waals surface area (Å²) in [6, 6.07) is 2.13. The van der Waals surface area contributed by atoms with Crippen LogP contribution in [0.15, 0.2) is 12.3 Å². The molecule has 0 aromatic carbocycles. The fraction of sp³-hybridized carbons (Fsp3) is 0.556. The second-order valence-electron chi connectivity index (χ2n) is 3.23. The Morgan fingerprint density at radius 2 is 2.58 bits per heavy atom. The van der Waals surface area contributed by atoms with Gasteiger partial charge in [-0.15, -0.1) is 0 Å². The van der Waals surface area contributed by atoms with Gasteiger partial charge in [0.2, 0.25) is 0 Å². The molecule has 12 heavy (non-hydrogen) atoms. The number of fused-ring (bicyclic) bond motifs is 1. The number of carbonyl (C=O) groups is 1. The van der Waals surface area contributed by atoms with Crippen LogP contribution in [-0.4, -0.2) is 15.6 Å². The molecule has 3 nitrogen and oxygen atoms in total. The van der Waals surface area contributed by atoms with Gasteiger partial charge in [-0.25, -0.2) is 0 Å². The van der Waals surface area contributed by atoms with Gasteiger partial charge in [0.1, 0.15) is 5.69 Å². The SMILES string of the molecule is CCCC1CC(=O)c2ccnn21. The van der Waals surface area contributed by atoms with E-state index in [4.69, 9.17) is 0 Å². The molecule has 1 aromatic rings. The molecular formula is C9H12N2O. The third-order valence-electron chi connectivity index (χ3n) is 2.34. The average Bonchev–Trinajstić information content (AvgIpc) is 2.58. The van der Waals surface area contributed by atoms with Crippen LogP contribution < -0.4 is 0 Å². The van der Waals surface area contributed by atoms with E-state index >= 15 is 0 Å². The average molecular weight is 164 g/mol. The van der Waals surface area contributed by atoms with E-state index in [1.165, 1.54) is 0 Å². The Hall–Kier alpha value is -1.12. The minimum Gasteiger partial charge on any atom is -0.292 e. The van der Waals surface area contributed by atoms with Gasteiger partial charge in [-0.2, -0.15) is 5.10 Å². The van der Waals surface area contributed by atoms with Crippen molar-refractivity contribution in [2.75, 3.05) is 0 Å². The fourth-order valence-electron chi connectivity index (χ4n) is 1.79. The second-order valence-corrected chi connectivity index (χ2v) is 3.23. The van der Waals surface area contributed by atoms with E-state index in [2.05, 4.69) is 12.0 Å². The molecule has 2 heterocycles. The summed E-state index contributed by atoms with van der Waals surface area (Å²) in [6.45, 7) is 2.13. The maximum atomic E-state index is 11.4. The lowest BCUT2D eigenvalue weighted by Crippen LogP contribution is -2.04. The molecule has 0 radical (unpaired) electrons. The smallest absolute Gasteiger partial charge is 0.182 e. The predicted octanol–water partition coefficient (Wildman–Crippen LogP) is 1.81. The first kappa shape index (κ1) is 7.53. The third kappa shape index (κ3) is 0.967. The van der Waals surface area contributed by atoms with Crippen molar-refractivity contribution in [2.24, 2.45) is 0 Å². The van der Waals surface area contributed by atoms with Gasteiger partial charge in [0.25, 0.3) is 0 Å². The van der Waals surface area contributed by atoms with Crippen molar-refractivity contribution in [3.05, 3.63) is 18.0 Å². The molecule has 64 valence electrons. The second kappa shape index (κ2) is 2.73. The fourth-order valence-corrected chi connectivity index (χ4v) is 1.79. The van der Waals surface area contributed by atoms with Crippen molar-refractivity contribution < 1.29 is 4.79 Å². The molecule has 0 N–H and O–H groups in total. The van der Waals surface area contributed by atoms with Crippen LogP contribution in [0.4, 0.5) is 0 Å². The van der Waals surface area contributed by atoms with Crippen LogP contribution in [0.1, 0.15) is 42.7 Å². The highest BCUT2D eigenvalue weighted by atomic mass is 16.1. The van der Waals surface area contributed by atoms with Crippen molar-refractivity contribution in [3.8, 4) is 0 Å². The summed E-state index contributed by atoms with van der Waals surface area (Å²) < 4.78 is 1.87. The van der Waals surface area contributed by atoms with Crippen LogP contribution in [0.5, 0.6) is 0 Å². The molecule has 0 spiro atoms.